The van der Waals surface area contributed by atoms with Crippen molar-refractivity contribution in [2.45, 2.75) is 24.4 Å². The van der Waals surface area contributed by atoms with Gasteiger partial charge in [0.1, 0.15) is 0 Å². The van der Waals surface area contributed by atoms with Gasteiger partial charge in [0.25, 0.3) is 11.5 Å². The van der Waals surface area contributed by atoms with Crippen LogP contribution in [0.1, 0.15) is 12.6 Å². The lowest BCUT2D eigenvalue weighted by Crippen LogP contribution is -2.37. The molecule has 100 valence electrons. The van der Waals surface area contributed by atoms with E-state index in [4.69, 9.17) is 5.11 Å². The number of aromatic nitrogens is 2. The Morgan fingerprint density at radius 1 is 1.56 bits per heavy atom. The Morgan fingerprint density at radius 3 is 2.72 bits per heavy atom. The zero-order valence-electron chi connectivity index (χ0n) is 8.97. The molecule has 1 fully saturated rings. The Kier molecular flexibility index (Phi) is 2.84. The van der Waals surface area contributed by atoms with Crippen molar-refractivity contribution in [3.05, 3.63) is 33.1 Å². The highest BCUT2D eigenvalue weighted by Crippen LogP contribution is 2.45. The number of halogens is 2. The first-order chi connectivity index (χ1) is 8.27. The van der Waals surface area contributed by atoms with Crippen molar-refractivity contribution >= 4 is 0 Å². The predicted molar refractivity (Wildman–Crippen MR) is 53.0 cm³/mol. The molecule has 9 heteroatoms. The lowest BCUT2D eigenvalue weighted by Gasteiger charge is -2.20. The first kappa shape index (κ1) is 12.9. The fourth-order valence-corrected chi connectivity index (χ4v) is 1.76. The molecule has 1 aliphatic heterocycles. The second-order valence-electron chi connectivity index (χ2n) is 4.03. The third-order valence-corrected chi connectivity index (χ3v) is 2.56. The summed E-state index contributed by atoms with van der Waals surface area (Å²) in [6.07, 6.45) is -2.39. The van der Waals surface area contributed by atoms with E-state index in [1.807, 2.05) is 0 Å². The Hall–Kier alpha value is -1.58. The Balaban J connectivity index is 2.45. The van der Waals surface area contributed by atoms with Gasteiger partial charge in [-0.25, -0.2) is 13.6 Å². The van der Waals surface area contributed by atoms with Gasteiger partial charge in [0.05, 0.1) is 13.0 Å². The van der Waals surface area contributed by atoms with Crippen LogP contribution in [0.15, 0.2) is 21.9 Å². The zero-order valence-corrected chi connectivity index (χ0v) is 8.97. The van der Waals surface area contributed by atoms with Gasteiger partial charge in [0.15, 0.2) is 5.79 Å². The van der Waals surface area contributed by atoms with Crippen molar-refractivity contribution in [3.8, 4) is 0 Å². The largest absolute Gasteiger partial charge is 0.391 e. The number of alkyl halides is 2. The molecule has 3 N–H and O–H groups in total. The van der Waals surface area contributed by atoms with Crippen molar-refractivity contribution in [1.29, 1.82) is 0 Å². The number of aliphatic hydroxyl groups is 2. The van der Waals surface area contributed by atoms with E-state index in [2.05, 4.69) is 4.74 Å². The maximum Gasteiger partial charge on any atom is 0.330 e. The van der Waals surface area contributed by atoms with Crippen molar-refractivity contribution in [1.82, 2.24) is 9.55 Å². The summed E-state index contributed by atoms with van der Waals surface area (Å²) in [5.41, 5.74) is -1.83. The van der Waals surface area contributed by atoms with E-state index in [0.29, 0.717) is 4.57 Å². The number of hydrogen-bond donors (Lipinski definition) is 3. The SMILES string of the molecule is O=c1ccn(C2O[C@](O)(CO)CC2(F)F)c(=O)[nH]1. The van der Waals surface area contributed by atoms with Crippen molar-refractivity contribution in [2.24, 2.45) is 0 Å². The zero-order chi connectivity index (χ0) is 13.6. The molecule has 1 saturated heterocycles. The monoisotopic (exact) mass is 264 g/mol. The molecule has 2 rings (SSSR count). The minimum atomic E-state index is -3.56. The number of aromatic amines is 1. The maximum atomic E-state index is 13.6. The van der Waals surface area contributed by atoms with Gasteiger partial charge < -0.3 is 14.9 Å². The van der Waals surface area contributed by atoms with Crippen LogP contribution in [0.2, 0.25) is 0 Å². The second-order valence-corrected chi connectivity index (χ2v) is 4.03. The summed E-state index contributed by atoms with van der Waals surface area (Å²) in [5, 5.41) is 18.3. The highest BCUT2D eigenvalue weighted by Gasteiger charge is 2.58. The van der Waals surface area contributed by atoms with Gasteiger partial charge in [0, 0.05) is 12.3 Å². The molecule has 0 aliphatic carbocycles. The summed E-state index contributed by atoms with van der Waals surface area (Å²) in [7, 11) is 0. The van der Waals surface area contributed by atoms with Crippen LogP contribution in [0.5, 0.6) is 0 Å². The fraction of sp³-hybridized carbons (Fsp3) is 0.556. The number of hydrogen-bond acceptors (Lipinski definition) is 5. The third kappa shape index (κ3) is 2.07. The number of aliphatic hydroxyl groups excluding tert-OH is 1. The van der Waals surface area contributed by atoms with Gasteiger partial charge in [0.2, 0.25) is 6.23 Å². The molecule has 18 heavy (non-hydrogen) atoms. The topological polar surface area (TPSA) is 105 Å². The molecular weight excluding hydrogens is 254 g/mol. The van der Waals surface area contributed by atoms with Crippen molar-refractivity contribution in [2.75, 3.05) is 6.61 Å². The van der Waals surface area contributed by atoms with Crippen LogP contribution >= 0.6 is 0 Å². The standard InChI is InChI=1S/C9H10F2N2O5/c10-9(11)3-8(17,4-14)18-6(9)13-2-1-5(15)12-7(13)16/h1-2,6,14,17H,3-4H2,(H,12,15,16)/t6?,8-/m0/s1. The summed E-state index contributed by atoms with van der Waals surface area (Å²) in [4.78, 5) is 24.0. The van der Waals surface area contributed by atoms with Crippen LogP contribution in [-0.4, -0.2) is 38.1 Å². The lowest BCUT2D eigenvalue weighted by atomic mass is 10.1. The third-order valence-electron chi connectivity index (χ3n) is 2.56. The quantitative estimate of drug-likeness (QED) is 0.620. The first-order valence-corrected chi connectivity index (χ1v) is 4.98. The molecule has 7 nitrogen and oxygen atoms in total. The van der Waals surface area contributed by atoms with E-state index in [1.165, 1.54) is 0 Å². The van der Waals surface area contributed by atoms with Crippen molar-refractivity contribution in [3.63, 3.8) is 0 Å². The normalized spacial score (nSPS) is 30.6. The average Bonchev–Trinajstić information content (AvgIpc) is 2.50. The predicted octanol–water partition coefficient (Wildman–Crippen LogP) is -1.23. The summed E-state index contributed by atoms with van der Waals surface area (Å²) in [5.74, 6) is -5.97. The summed E-state index contributed by atoms with van der Waals surface area (Å²) in [6.45, 7) is -1.03. The molecule has 0 bridgehead atoms. The van der Waals surface area contributed by atoms with Crippen LogP contribution < -0.4 is 11.2 Å². The van der Waals surface area contributed by atoms with E-state index in [0.717, 1.165) is 12.3 Å². The number of ether oxygens (including phenoxy) is 1. The van der Waals surface area contributed by atoms with Crippen LogP contribution in [0, 0.1) is 0 Å². The van der Waals surface area contributed by atoms with E-state index in [1.54, 1.807) is 4.98 Å². The van der Waals surface area contributed by atoms with E-state index < -0.39 is 42.2 Å². The van der Waals surface area contributed by atoms with E-state index >= 15 is 0 Å². The first-order valence-electron chi connectivity index (χ1n) is 4.98. The molecule has 1 unspecified atom stereocenters. The number of rotatable bonds is 2. The summed E-state index contributed by atoms with van der Waals surface area (Å²) in [6, 6.07) is 0.872. The minimum absolute atomic E-state index is 0.453. The minimum Gasteiger partial charge on any atom is -0.391 e. The van der Waals surface area contributed by atoms with Crippen LogP contribution in [0.25, 0.3) is 0 Å². The average molecular weight is 264 g/mol. The molecule has 0 aromatic carbocycles. The lowest BCUT2D eigenvalue weighted by molar-refractivity contribution is -0.231. The van der Waals surface area contributed by atoms with Gasteiger partial charge in [-0.05, 0) is 0 Å². The Labute approximate surface area is 98.3 Å². The molecule has 0 saturated carbocycles. The number of H-pyrrole nitrogens is 1. The molecule has 1 aliphatic rings. The summed E-state index contributed by atoms with van der Waals surface area (Å²) < 4.78 is 32.3. The van der Waals surface area contributed by atoms with E-state index in [9.17, 15) is 23.5 Å². The Bertz CT molecular complexity index is 569. The molecule has 1 aromatic heterocycles. The molecule has 1 aromatic rings. The van der Waals surface area contributed by atoms with Gasteiger partial charge in [-0.1, -0.05) is 0 Å². The molecule has 0 amide bonds. The van der Waals surface area contributed by atoms with Crippen molar-refractivity contribution < 1.29 is 23.7 Å². The molecular formula is C9H10F2N2O5. The fourth-order valence-electron chi connectivity index (χ4n) is 1.76. The summed E-state index contributed by atoms with van der Waals surface area (Å²) >= 11 is 0. The van der Waals surface area contributed by atoms with Gasteiger partial charge >= 0.3 is 5.69 Å². The van der Waals surface area contributed by atoms with Gasteiger partial charge in [-0.3, -0.25) is 14.3 Å². The smallest absolute Gasteiger partial charge is 0.330 e. The van der Waals surface area contributed by atoms with Gasteiger partial charge in [-0.2, -0.15) is 0 Å². The molecule has 0 spiro atoms. The number of nitrogens with one attached hydrogen (secondary N) is 1. The van der Waals surface area contributed by atoms with E-state index in [-0.39, 0.29) is 0 Å². The molecule has 2 heterocycles. The number of nitrogens with zero attached hydrogens (tertiary/aromatic N) is 1. The Morgan fingerprint density at radius 2 is 2.22 bits per heavy atom. The maximum absolute atomic E-state index is 13.6. The second kappa shape index (κ2) is 3.97. The highest BCUT2D eigenvalue weighted by atomic mass is 19.3. The van der Waals surface area contributed by atoms with Crippen LogP contribution in [-0.2, 0) is 4.74 Å². The molecule has 2 atom stereocenters. The van der Waals surface area contributed by atoms with Crippen LogP contribution in [0.4, 0.5) is 8.78 Å². The highest BCUT2D eigenvalue weighted by molar-refractivity contribution is 4.94. The molecule has 0 radical (unpaired) electrons. The van der Waals surface area contributed by atoms with Gasteiger partial charge in [-0.15, -0.1) is 0 Å². The van der Waals surface area contributed by atoms with Crippen LogP contribution in [0.3, 0.4) is 0 Å².